The van der Waals surface area contributed by atoms with Gasteiger partial charge < -0.3 is 15.2 Å². The Morgan fingerprint density at radius 1 is 1.16 bits per heavy atom. The Kier molecular flexibility index (Phi) is 5.08. The molecule has 2 rings (SSSR count). The highest BCUT2D eigenvalue weighted by molar-refractivity contribution is 5.43. The lowest BCUT2D eigenvalue weighted by molar-refractivity contribution is 0.126. The van der Waals surface area contributed by atoms with Gasteiger partial charge in [0.2, 0.25) is 0 Å². The number of hydrogen-bond donors (Lipinski definition) is 1. The highest BCUT2D eigenvalue weighted by atomic mass is 16.5. The zero-order chi connectivity index (χ0) is 13.7. The number of rotatable bonds is 5. The molecule has 0 bridgehead atoms. The molecule has 106 valence electrons. The molecule has 0 spiro atoms. The van der Waals surface area contributed by atoms with Crippen LogP contribution in [0.5, 0.6) is 11.5 Å². The van der Waals surface area contributed by atoms with Crippen LogP contribution in [0.3, 0.4) is 0 Å². The summed E-state index contributed by atoms with van der Waals surface area (Å²) >= 11 is 0. The molecule has 0 atom stereocenters. The van der Waals surface area contributed by atoms with E-state index in [0.29, 0.717) is 12.6 Å². The van der Waals surface area contributed by atoms with Crippen LogP contribution in [0, 0.1) is 5.92 Å². The summed E-state index contributed by atoms with van der Waals surface area (Å²) in [6.45, 7) is 2.81. The van der Waals surface area contributed by atoms with Crippen molar-refractivity contribution >= 4 is 0 Å². The summed E-state index contributed by atoms with van der Waals surface area (Å²) in [5.74, 6) is 2.53. The Balaban J connectivity index is 2.02. The van der Waals surface area contributed by atoms with Crippen molar-refractivity contribution < 1.29 is 9.47 Å². The van der Waals surface area contributed by atoms with Crippen LogP contribution in [-0.2, 0) is 6.54 Å². The zero-order valence-electron chi connectivity index (χ0n) is 12.0. The van der Waals surface area contributed by atoms with Gasteiger partial charge in [-0.25, -0.2) is 0 Å². The highest BCUT2D eigenvalue weighted by Gasteiger charge is 2.22. The average Bonchev–Trinajstić information content (AvgIpc) is 2.48. The minimum atomic E-state index is 0.324. The summed E-state index contributed by atoms with van der Waals surface area (Å²) in [4.78, 5) is 0. The third-order valence-corrected chi connectivity index (χ3v) is 4.13. The first kappa shape index (κ1) is 14.2. The lowest BCUT2D eigenvalue weighted by atomic mass is 9.86. The fourth-order valence-electron chi connectivity index (χ4n) is 2.78. The van der Waals surface area contributed by atoms with Crippen LogP contribution < -0.4 is 15.2 Å². The first-order valence-electron chi connectivity index (χ1n) is 7.30. The van der Waals surface area contributed by atoms with E-state index in [9.17, 15) is 0 Å². The van der Waals surface area contributed by atoms with Gasteiger partial charge in [0.1, 0.15) is 0 Å². The summed E-state index contributed by atoms with van der Waals surface area (Å²) in [5.41, 5.74) is 6.76. The molecule has 1 saturated carbocycles. The molecule has 0 radical (unpaired) electrons. The van der Waals surface area contributed by atoms with Crippen LogP contribution in [0.25, 0.3) is 0 Å². The van der Waals surface area contributed by atoms with Crippen LogP contribution in [0.1, 0.15) is 44.6 Å². The molecule has 1 aliphatic carbocycles. The SMILES string of the molecule is CCC1CCC(Oc2cc(CN)ccc2OC)CC1. The van der Waals surface area contributed by atoms with Crippen LogP contribution in [0.4, 0.5) is 0 Å². The Labute approximate surface area is 116 Å². The minimum absolute atomic E-state index is 0.324. The quantitative estimate of drug-likeness (QED) is 0.884. The van der Waals surface area contributed by atoms with Gasteiger partial charge in [0.05, 0.1) is 13.2 Å². The van der Waals surface area contributed by atoms with Crippen molar-refractivity contribution in [3.05, 3.63) is 23.8 Å². The second-order valence-corrected chi connectivity index (χ2v) is 5.36. The van der Waals surface area contributed by atoms with Gasteiger partial charge in [0, 0.05) is 6.54 Å². The van der Waals surface area contributed by atoms with Crippen molar-refractivity contribution in [3.63, 3.8) is 0 Å². The Morgan fingerprint density at radius 2 is 1.89 bits per heavy atom. The molecule has 0 aliphatic heterocycles. The van der Waals surface area contributed by atoms with Crippen LogP contribution in [0.2, 0.25) is 0 Å². The number of benzene rings is 1. The van der Waals surface area contributed by atoms with E-state index in [1.165, 1.54) is 19.3 Å². The molecule has 2 N–H and O–H groups in total. The smallest absolute Gasteiger partial charge is 0.161 e. The maximum atomic E-state index is 6.13. The van der Waals surface area contributed by atoms with Crippen molar-refractivity contribution in [2.45, 2.75) is 51.7 Å². The van der Waals surface area contributed by atoms with Gasteiger partial charge in [-0.1, -0.05) is 19.4 Å². The summed E-state index contributed by atoms with van der Waals surface area (Å²) in [6, 6.07) is 5.93. The second-order valence-electron chi connectivity index (χ2n) is 5.36. The molecule has 3 nitrogen and oxygen atoms in total. The molecule has 0 heterocycles. The van der Waals surface area contributed by atoms with Crippen molar-refractivity contribution in [2.24, 2.45) is 11.7 Å². The maximum absolute atomic E-state index is 6.13. The molecular formula is C16H25NO2. The van der Waals surface area contributed by atoms with Crippen molar-refractivity contribution in [1.29, 1.82) is 0 Å². The van der Waals surface area contributed by atoms with E-state index < -0.39 is 0 Å². The molecule has 1 aliphatic rings. The van der Waals surface area contributed by atoms with Crippen LogP contribution >= 0.6 is 0 Å². The summed E-state index contributed by atoms with van der Waals surface area (Å²) in [5, 5.41) is 0. The van der Waals surface area contributed by atoms with Gasteiger partial charge in [-0.05, 0) is 49.3 Å². The lowest BCUT2D eigenvalue weighted by Gasteiger charge is -2.28. The number of nitrogens with two attached hydrogens (primary N) is 1. The molecule has 19 heavy (non-hydrogen) atoms. The molecule has 3 heteroatoms. The first-order valence-corrected chi connectivity index (χ1v) is 7.30. The van der Waals surface area contributed by atoms with E-state index in [1.807, 2.05) is 18.2 Å². The molecule has 0 unspecified atom stereocenters. The van der Waals surface area contributed by atoms with Gasteiger partial charge in [-0.3, -0.25) is 0 Å². The lowest BCUT2D eigenvalue weighted by Crippen LogP contribution is -2.24. The molecule has 0 amide bonds. The summed E-state index contributed by atoms with van der Waals surface area (Å²) < 4.78 is 11.5. The van der Waals surface area contributed by atoms with Gasteiger partial charge in [0.25, 0.3) is 0 Å². The minimum Gasteiger partial charge on any atom is -0.493 e. The van der Waals surface area contributed by atoms with Crippen LogP contribution in [-0.4, -0.2) is 13.2 Å². The third-order valence-electron chi connectivity index (χ3n) is 4.13. The van der Waals surface area contributed by atoms with E-state index in [1.54, 1.807) is 7.11 Å². The van der Waals surface area contributed by atoms with Crippen molar-refractivity contribution in [3.8, 4) is 11.5 Å². The summed E-state index contributed by atoms with van der Waals surface area (Å²) in [6.07, 6.45) is 6.46. The largest absolute Gasteiger partial charge is 0.493 e. The normalized spacial score (nSPS) is 23.1. The molecule has 1 fully saturated rings. The molecule has 0 saturated heterocycles. The van der Waals surface area contributed by atoms with Gasteiger partial charge in [-0.2, -0.15) is 0 Å². The number of hydrogen-bond acceptors (Lipinski definition) is 3. The monoisotopic (exact) mass is 263 g/mol. The Bertz CT molecular complexity index is 398. The fourth-order valence-corrected chi connectivity index (χ4v) is 2.78. The molecule has 1 aromatic carbocycles. The molecule has 1 aromatic rings. The second kappa shape index (κ2) is 6.80. The Hall–Kier alpha value is -1.22. The predicted molar refractivity (Wildman–Crippen MR) is 77.6 cm³/mol. The van der Waals surface area contributed by atoms with Gasteiger partial charge in [0.15, 0.2) is 11.5 Å². The standard InChI is InChI=1S/C16H25NO2/c1-3-12-4-7-14(8-5-12)19-16-10-13(11-17)6-9-15(16)18-2/h6,9-10,12,14H,3-5,7-8,11,17H2,1-2H3. The first-order chi connectivity index (χ1) is 9.26. The van der Waals surface area contributed by atoms with Crippen molar-refractivity contribution in [1.82, 2.24) is 0 Å². The van der Waals surface area contributed by atoms with Crippen LogP contribution in [0.15, 0.2) is 18.2 Å². The zero-order valence-corrected chi connectivity index (χ0v) is 12.0. The van der Waals surface area contributed by atoms with E-state index in [-0.39, 0.29) is 0 Å². The molecular weight excluding hydrogens is 238 g/mol. The van der Waals surface area contributed by atoms with Gasteiger partial charge >= 0.3 is 0 Å². The average molecular weight is 263 g/mol. The Morgan fingerprint density at radius 3 is 2.47 bits per heavy atom. The fraction of sp³-hybridized carbons (Fsp3) is 0.625. The van der Waals surface area contributed by atoms with E-state index >= 15 is 0 Å². The topological polar surface area (TPSA) is 44.5 Å². The maximum Gasteiger partial charge on any atom is 0.161 e. The number of methoxy groups -OCH3 is 1. The van der Waals surface area contributed by atoms with Crippen molar-refractivity contribution in [2.75, 3.05) is 7.11 Å². The van der Waals surface area contributed by atoms with E-state index in [4.69, 9.17) is 15.2 Å². The predicted octanol–water partition coefficient (Wildman–Crippen LogP) is 3.50. The van der Waals surface area contributed by atoms with E-state index in [0.717, 1.165) is 35.8 Å². The van der Waals surface area contributed by atoms with Gasteiger partial charge in [-0.15, -0.1) is 0 Å². The molecule has 0 aromatic heterocycles. The van der Waals surface area contributed by atoms with E-state index in [2.05, 4.69) is 6.92 Å². The third kappa shape index (κ3) is 3.63. The number of ether oxygens (including phenoxy) is 2. The summed E-state index contributed by atoms with van der Waals surface area (Å²) in [7, 11) is 1.68. The highest BCUT2D eigenvalue weighted by Crippen LogP contribution is 2.33.